The van der Waals surface area contributed by atoms with Crippen LogP contribution in [0.5, 0.6) is 0 Å². The molecule has 0 aliphatic heterocycles. The summed E-state index contributed by atoms with van der Waals surface area (Å²) in [5.74, 6) is 1.25. The summed E-state index contributed by atoms with van der Waals surface area (Å²) >= 11 is 6.38. The highest BCUT2D eigenvalue weighted by molar-refractivity contribution is 6.33. The molecule has 2 heterocycles. The van der Waals surface area contributed by atoms with Crippen LogP contribution in [0, 0.1) is 0 Å². The van der Waals surface area contributed by atoms with E-state index in [1.807, 2.05) is 48.3 Å². The third-order valence-corrected chi connectivity index (χ3v) is 3.73. The van der Waals surface area contributed by atoms with E-state index in [0.29, 0.717) is 29.9 Å². The SMILES string of the molecule is CN(CCNc1ncccn1)c1nnc(-c2ccccc2)cc1Cl. The van der Waals surface area contributed by atoms with Crippen LogP contribution < -0.4 is 10.2 Å². The lowest BCUT2D eigenvalue weighted by molar-refractivity contribution is 0.861. The number of benzene rings is 1. The number of rotatable bonds is 6. The minimum Gasteiger partial charge on any atom is -0.355 e. The van der Waals surface area contributed by atoms with Crippen molar-refractivity contribution in [2.75, 3.05) is 30.4 Å². The molecule has 3 rings (SSSR count). The Kier molecular flexibility index (Phi) is 5.18. The molecular weight excluding hydrogens is 324 g/mol. The highest BCUT2D eigenvalue weighted by Gasteiger charge is 2.11. The van der Waals surface area contributed by atoms with Crippen LogP contribution in [0.15, 0.2) is 54.9 Å². The van der Waals surface area contributed by atoms with E-state index in [4.69, 9.17) is 11.6 Å². The summed E-state index contributed by atoms with van der Waals surface area (Å²) in [6.07, 6.45) is 3.40. The van der Waals surface area contributed by atoms with E-state index in [1.165, 1.54) is 0 Å². The molecule has 0 fully saturated rings. The molecule has 3 aromatic rings. The van der Waals surface area contributed by atoms with Gasteiger partial charge >= 0.3 is 0 Å². The van der Waals surface area contributed by atoms with Gasteiger partial charge in [-0.05, 0) is 12.1 Å². The van der Waals surface area contributed by atoms with Crippen molar-refractivity contribution < 1.29 is 0 Å². The molecule has 122 valence electrons. The highest BCUT2D eigenvalue weighted by Crippen LogP contribution is 2.26. The number of halogens is 1. The first kappa shape index (κ1) is 16.1. The lowest BCUT2D eigenvalue weighted by Gasteiger charge is -2.19. The zero-order chi connectivity index (χ0) is 16.8. The van der Waals surface area contributed by atoms with Crippen LogP contribution >= 0.6 is 11.6 Å². The maximum atomic E-state index is 6.38. The molecule has 2 aromatic heterocycles. The number of hydrogen-bond donors (Lipinski definition) is 1. The van der Waals surface area contributed by atoms with Crippen molar-refractivity contribution in [3.8, 4) is 11.3 Å². The smallest absolute Gasteiger partial charge is 0.222 e. The Hall–Kier alpha value is -2.73. The van der Waals surface area contributed by atoms with Crippen molar-refractivity contribution in [2.45, 2.75) is 0 Å². The molecule has 0 bridgehead atoms. The van der Waals surface area contributed by atoms with E-state index in [-0.39, 0.29) is 0 Å². The number of nitrogens with zero attached hydrogens (tertiary/aromatic N) is 5. The normalized spacial score (nSPS) is 10.4. The number of hydrogen-bond acceptors (Lipinski definition) is 6. The Labute approximate surface area is 145 Å². The summed E-state index contributed by atoms with van der Waals surface area (Å²) in [4.78, 5) is 10.2. The fraction of sp³-hybridized carbons (Fsp3) is 0.176. The average Bonchev–Trinajstić information content (AvgIpc) is 2.63. The van der Waals surface area contributed by atoms with Crippen LogP contribution in [-0.4, -0.2) is 40.3 Å². The Bertz CT molecular complexity index is 782. The van der Waals surface area contributed by atoms with Crippen LogP contribution in [-0.2, 0) is 0 Å². The van der Waals surface area contributed by atoms with Gasteiger partial charge in [-0.25, -0.2) is 9.97 Å². The second kappa shape index (κ2) is 7.70. The first-order valence-corrected chi connectivity index (χ1v) is 7.92. The van der Waals surface area contributed by atoms with E-state index in [1.54, 1.807) is 18.5 Å². The zero-order valence-electron chi connectivity index (χ0n) is 13.2. The number of anilines is 2. The van der Waals surface area contributed by atoms with Gasteiger partial charge in [-0.2, -0.15) is 0 Å². The molecule has 7 heteroatoms. The van der Waals surface area contributed by atoms with Crippen LogP contribution in [0.1, 0.15) is 0 Å². The molecule has 0 amide bonds. The van der Waals surface area contributed by atoms with Crippen LogP contribution in [0.2, 0.25) is 5.02 Å². The van der Waals surface area contributed by atoms with Gasteiger partial charge in [0, 0.05) is 38.1 Å². The van der Waals surface area contributed by atoms with Gasteiger partial charge in [0.15, 0.2) is 5.82 Å². The molecule has 0 saturated heterocycles. The summed E-state index contributed by atoms with van der Waals surface area (Å²) in [7, 11) is 1.92. The standard InChI is InChI=1S/C17H17ClN6/c1-24(11-10-21-17-19-8-5-9-20-17)16-14(18)12-15(22-23-16)13-6-3-2-4-7-13/h2-9,12H,10-11H2,1H3,(H,19,20,21). The summed E-state index contributed by atoms with van der Waals surface area (Å²) in [6.45, 7) is 1.36. The Morgan fingerprint density at radius 2 is 1.79 bits per heavy atom. The molecule has 6 nitrogen and oxygen atoms in total. The van der Waals surface area contributed by atoms with Gasteiger partial charge in [-0.1, -0.05) is 41.9 Å². The maximum Gasteiger partial charge on any atom is 0.222 e. The van der Waals surface area contributed by atoms with Crippen LogP contribution in [0.25, 0.3) is 11.3 Å². The lowest BCUT2D eigenvalue weighted by atomic mass is 10.1. The maximum absolute atomic E-state index is 6.38. The van der Waals surface area contributed by atoms with E-state index >= 15 is 0 Å². The summed E-state index contributed by atoms with van der Waals surface area (Å²) in [5.41, 5.74) is 1.75. The van der Waals surface area contributed by atoms with Crippen molar-refractivity contribution in [3.05, 3.63) is 59.9 Å². The van der Waals surface area contributed by atoms with E-state index < -0.39 is 0 Å². The van der Waals surface area contributed by atoms with E-state index in [0.717, 1.165) is 11.3 Å². The van der Waals surface area contributed by atoms with Gasteiger partial charge in [0.25, 0.3) is 0 Å². The topological polar surface area (TPSA) is 66.8 Å². The molecule has 0 aliphatic carbocycles. The highest BCUT2D eigenvalue weighted by atomic mass is 35.5. The average molecular weight is 341 g/mol. The fourth-order valence-corrected chi connectivity index (χ4v) is 2.49. The molecule has 0 saturated carbocycles. The number of nitrogens with one attached hydrogen (secondary N) is 1. The fourth-order valence-electron chi connectivity index (χ4n) is 2.20. The lowest BCUT2D eigenvalue weighted by Crippen LogP contribution is -2.26. The predicted molar refractivity (Wildman–Crippen MR) is 96.3 cm³/mol. The van der Waals surface area contributed by atoms with Gasteiger partial charge in [0.2, 0.25) is 5.95 Å². The zero-order valence-corrected chi connectivity index (χ0v) is 14.0. The van der Waals surface area contributed by atoms with Gasteiger partial charge in [0.05, 0.1) is 10.7 Å². The van der Waals surface area contributed by atoms with Gasteiger partial charge in [0.1, 0.15) is 0 Å². The third-order valence-electron chi connectivity index (χ3n) is 3.46. The first-order valence-electron chi connectivity index (χ1n) is 7.55. The van der Waals surface area contributed by atoms with Crippen molar-refractivity contribution in [1.82, 2.24) is 20.2 Å². The monoisotopic (exact) mass is 340 g/mol. The van der Waals surface area contributed by atoms with E-state index in [9.17, 15) is 0 Å². The molecule has 0 radical (unpaired) electrons. The predicted octanol–water partition coefficient (Wildman–Crippen LogP) is 3.14. The second-order valence-electron chi connectivity index (χ2n) is 5.19. The quantitative estimate of drug-likeness (QED) is 0.743. The Morgan fingerprint density at radius 1 is 1.04 bits per heavy atom. The van der Waals surface area contributed by atoms with Gasteiger partial charge < -0.3 is 10.2 Å². The molecule has 1 aromatic carbocycles. The Balaban J connectivity index is 1.64. The molecule has 0 unspecified atom stereocenters. The first-order chi connectivity index (χ1) is 11.7. The summed E-state index contributed by atoms with van der Waals surface area (Å²) in [6, 6.07) is 13.5. The van der Waals surface area contributed by atoms with Crippen LogP contribution in [0.4, 0.5) is 11.8 Å². The molecule has 0 aliphatic rings. The summed E-state index contributed by atoms with van der Waals surface area (Å²) in [5, 5.41) is 12.3. The molecule has 0 atom stereocenters. The largest absolute Gasteiger partial charge is 0.355 e. The van der Waals surface area contributed by atoms with Crippen LogP contribution in [0.3, 0.4) is 0 Å². The Morgan fingerprint density at radius 3 is 2.50 bits per heavy atom. The molecule has 0 spiro atoms. The van der Waals surface area contributed by atoms with Crippen molar-refractivity contribution in [3.63, 3.8) is 0 Å². The van der Waals surface area contributed by atoms with Crippen molar-refractivity contribution in [1.29, 1.82) is 0 Å². The van der Waals surface area contributed by atoms with Gasteiger partial charge in [-0.3, -0.25) is 0 Å². The minimum absolute atomic E-state index is 0.572. The molecule has 24 heavy (non-hydrogen) atoms. The third kappa shape index (κ3) is 3.97. The minimum atomic E-state index is 0.572. The number of aromatic nitrogens is 4. The van der Waals surface area contributed by atoms with Gasteiger partial charge in [-0.15, -0.1) is 10.2 Å². The van der Waals surface area contributed by atoms with Crippen molar-refractivity contribution in [2.24, 2.45) is 0 Å². The number of likely N-dealkylation sites (N-methyl/N-ethyl adjacent to an activating group) is 1. The molecule has 1 N–H and O–H groups in total. The second-order valence-corrected chi connectivity index (χ2v) is 5.60. The molecular formula is C17H17ClN6. The van der Waals surface area contributed by atoms with Crippen molar-refractivity contribution >= 4 is 23.4 Å². The summed E-state index contributed by atoms with van der Waals surface area (Å²) < 4.78 is 0. The van der Waals surface area contributed by atoms with E-state index in [2.05, 4.69) is 25.5 Å².